The fourth-order valence-electron chi connectivity index (χ4n) is 3.71. The summed E-state index contributed by atoms with van der Waals surface area (Å²) >= 11 is 0. The highest BCUT2D eigenvalue weighted by Gasteiger charge is 2.27. The van der Waals surface area contributed by atoms with Crippen LogP contribution in [-0.2, 0) is 4.79 Å². The number of ether oxygens (including phenoxy) is 2. The number of benzene rings is 1. The highest BCUT2D eigenvalue weighted by Crippen LogP contribution is 2.25. The molecule has 1 amide bonds. The van der Waals surface area contributed by atoms with Crippen molar-refractivity contribution in [3.05, 3.63) is 36.7 Å². The van der Waals surface area contributed by atoms with Gasteiger partial charge in [-0.2, -0.15) is 0 Å². The largest absolute Gasteiger partial charge is 0.497 e. The van der Waals surface area contributed by atoms with Gasteiger partial charge >= 0.3 is 0 Å². The number of nitrogens with zero attached hydrogens (tertiary/aromatic N) is 4. The van der Waals surface area contributed by atoms with E-state index in [-0.39, 0.29) is 11.9 Å². The Morgan fingerprint density at radius 2 is 1.87 bits per heavy atom. The van der Waals surface area contributed by atoms with Crippen molar-refractivity contribution >= 4 is 11.7 Å². The molecule has 30 heavy (non-hydrogen) atoms. The summed E-state index contributed by atoms with van der Waals surface area (Å²) in [5.41, 5.74) is 0. The van der Waals surface area contributed by atoms with E-state index < -0.39 is 0 Å². The van der Waals surface area contributed by atoms with E-state index in [9.17, 15) is 4.79 Å². The van der Waals surface area contributed by atoms with Crippen molar-refractivity contribution in [3.63, 3.8) is 0 Å². The van der Waals surface area contributed by atoms with Gasteiger partial charge in [0.2, 0.25) is 11.8 Å². The number of hydrogen-bond donors (Lipinski definition) is 0. The smallest absolute Gasteiger partial charge is 0.224 e. The molecule has 0 bridgehead atoms. The van der Waals surface area contributed by atoms with E-state index in [1.165, 1.54) is 19.2 Å². The van der Waals surface area contributed by atoms with E-state index in [0.717, 1.165) is 37.5 Å². The molecule has 0 spiro atoms. The van der Waals surface area contributed by atoms with E-state index in [1.54, 1.807) is 7.11 Å². The van der Waals surface area contributed by atoms with Gasteiger partial charge in [0, 0.05) is 38.2 Å². The molecule has 2 aromatic rings. The first-order valence-corrected chi connectivity index (χ1v) is 10.8. The summed E-state index contributed by atoms with van der Waals surface area (Å²) in [7, 11) is 1.63. The molecule has 1 atom stereocenters. The van der Waals surface area contributed by atoms with E-state index in [1.807, 2.05) is 35.2 Å². The molecule has 0 aliphatic carbocycles. The number of methoxy groups -OCH3 is 1. The Balaban J connectivity index is 1.56. The predicted molar refractivity (Wildman–Crippen MR) is 117 cm³/mol. The lowest BCUT2D eigenvalue weighted by atomic mass is 10.1. The fourth-order valence-corrected chi connectivity index (χ4v) is 3.71. The van der Waals surface area contributed by atoms with E-state index in [0.29, 0.717) is 24.6 Å². The van der Waals surface area contributed by atoms with Crippen LogP contribution in [0.5, 0.6) is 17.4 Å². The van der Waals surface area contributed by atoms with Crippen molar-refractivity contribution in [2.75, 3.05) is 31.6 Å². The average molecular weight is 413 g/mol. The summed E-state index contributed by atoms with van der Waals surface area (Å²) < 4.78 is 11.0. The number of carbonyl (C=O) groups is 1. The van der Waals surface area contributed by atoms with Gasteiger partial charge in [-0.15, -0.1) is 0 Å². The molecule has 0 N–H and O–H groups in total. The lowest BCUT2D eigenvalue weighted by molar-refractivity contribution is -0.133. The first-order valence-electron chi connectivity index (χ1n) is 10.8. The number of amides is 1. The average Bonchev–Trinajstić information content (AvgIpc) is 2.77. The first kappa shape index (κ1) is 21.9. The molecule has 0 saturated carbocycles. The molecule has 1 aliphatic heterocycles. The molecule has 1 aliphatic rings. The predicted octanol–water partition coefficient (Wildman–Crippen LogP) is 4.29. The highest BCUT2D eigenvalue weighted by atomic mass is 16.5. The van der Waals surface area contributed by atoms with Gasteiger partial charge in [0.1, 0.15) is 23.6 Å². The van der Waals surface area contributed by atoms with Crippen molar-refractivity contribution in [1.82, 2.24) is 14.9 Å². The molecule has 7 nitrogen and oxygen atoms in total. The molecule has 1 fully saturated rings. The number of piperazine rings is 1. The molecule has 0 unspecified atom stereocenters. The Morgan fingerprint density at radius 1 is 1.10 bits per heavy atom. The minimum absolute atomic E-state index is 0.151. The maximum absolute atomic E-state index is 12.6. The molecule has 7 heteroatoms. The SMILES string of the molecule is CCCCCCC(=O)N1CCN(c2cc(Oc3ccc(OC)cc3)ncn2)C[C@H]1C. The third-order valence-electron chi connectivity index (χ3n) is 5.43. The summed E-state index contributed by atoms with van der Waals surface area (Å²) in [4.78, 5) is 25.4. The Morgan fingerprint density at radius 3 is 2.57 bits per heavy atom. The van der Waals surface area contributed by atoms with Gasteiger partial charge in [0.05, 0.1) is 7.11 Å². The molecular weight excluding hydrogens is 380 g/mol. The fraction of sp³-hybridized carbons (Fsp3) is 0.522. The van der Waals surface area contributed by atoms with Crippen LogP contribution in [0.1, 0.15) is 46.0 Å². The van der Waals surface area contributed by atoms with E-state index in [4.69, 9.17) is 9.47 Å². The van der Waals surface area contributed by atoms with Gasteiger partial charge in [-0.3, -0.25) is 4.79 Å². The molecular formula is C23H32N4O3. The zero-order valence-electron chi connectivity index (χ0n) is 18.2. The van der Waals surface area contributed by atoms with Crippen molar-refractivity contribution < 1.29 is 14.3 Å². The van der Waals surface area contributed by atoms with Crippen molar-refractivity contribution in [1.29, 1.82) is 0 Å². The number of anilines is 1. The van der Waals surface area contributed by atoms with Crippen LogP contribution in [0.4, 0.5) is 5.82 Å². The molecule has 1 saturated heterocycles. The normalized spacial score (nSPS) is 16.4. The van der Waals surface area contributed by atoms with Crippen molar-refractivity contribution in [2.45, 2.75) is 52.0 Å². The standard InChI is InChI=1S/C23H32N4O3/c1-4-5-6-7-8-23(28)27-14-13-26(16-18(27)2)21-15-22(25-17-24-21)30-20-11-9-19(29-3)10-12-20/h9-12,15,17-18H,4-8,13-14,16H2,1-3H3/t18-/m1/s1. The van der Waals surface area contributed by atoms with Gasteiger partial charge in [0.25, 0.3) is 0 Å². The summed E-state index contributed by atoms with van der Waals surface area (Å²) in [6.07, 6.45) is 6.67. The number of aromatic nitrogens is 2. The second-order valence-electron chi connectivity index (χ2n) is 7.68. The third-order valence-corrected chi connectivity index (χ3v) is 5.43. The Hall–Kier alpha value is -2.83. The molecule has 162 valence electrons. The van der Waals surface area contributed by atoms with Gasteiger partial charge in [0.15, 0.2) is 0 Å². The number of rotatable bonds is 9. The van der Waals surface area contributed by atoms with Crippen LogP contribution in [0.3, 0.4) is 0 Å². The van der Waals surface area contributed by atoms with E-state index >= 15 is 0 Å². The quantitative estimate of drug-likeness (QED) is 0.573. The lowest BCUT2D eigenvalue weighted by Crippen LogP contribution is -2.54. The topological polar surface area (TPSA) is 67.8 Å². The molecule has 1 aromatic heterocycles. The lowest BCUT2D eigenvalue weighted by Gasteiger charge is -2.40. The van der Waals surface area contributed by atoms with Crippen LogP contribution in [-0.4, -0.2) is 53.6 Å². The maximum atomic E-state index is 12.6. The van der Waals surface area contributed by atoms with Crippen LogP contribution < -0.4 is 14.4 Å². The highest BCUT2D eigenvalue weighted by molar-refractivity contribution is 5.76. The summed E-state index contributed by atoms with van der Waals surface area (Å²) in [5.74, 6) is 3.04. The van der Waals surface area contributed by atoms with Crippen LogP contribution in [0.25, 0.3) is 0 Å². The molecule has 3 rings (SSSR count). The number of hydrogen-bond acceptors (Lipinski definition) is 6. The number of unbranched alkanes of at least 4 members (excludes halogenated alkanes) is 3. The Labute approximate surface area is 179 Å². The van der Waals surface area contributed by atoms with Gasteiger partial charge in [-0.25, -0.2) is 9.97 Å². The first-order chi connectivity index (χ1) is 14.6. The summed E-state index contributed by atoms with van der Waals surface area (Å²) in [5, 5.41) is 0. The minimum atomic E-state index is 0.151. The van der Waals surface area contributed by atoms with Crippen molar-refractivity contribution in [3.8, 4) is 17.4 Å². The third kappa shape index (κ3) is 5.84. The second kappa shape index (κ2) is 10.8. The minimum Gasteiger partial charge on any atom is -0.497 e. The molecule has 2 heterocycles. The Kier molecular flexibility index (Phi) is 7.88. The monoisotopic (exact) mass is 412 g/mol. The molecule has 0 radical (unpaired) electrons. The van der Waals surface area contributed by atoms with E-state index in [2.05, 4.69) is 28.7 Å². The second-order valence-corrected chi connectivity index (χ2v) is 7.68. The summed E-state index contributed by atoms with van der Waals surface area (Å²) in [6.45, 7) is 6.51. The van der Waals surface area contributed by atoms with Gasteiger partial charge in [-0.05, 0) is 37.6 Å². The van der Waals surface area contributed by atoms with Gasteiger partial charge < -0.3 is 19.3 Å². The summed E-state index contributed by atoms with van der Waals surface area (Å²) in [6, 6.07) is 9.37. The zero-order valence-corrected chi connectivity index (χ0v) is 18.2. The van der Waals surface area contributed by atoms with Crippen LogP contribution in [0, 0.1) is 0 Å². The van der Waals surface area contributed by atoms with Crippen LogP contribution >= 0.6 is 0 Å². The van der Waals surface area contributed by atoms with Crippen molar-refractivity contribution in [2.24, 2.45) is 0 Å². The maximum Gasteiger partial charge on any atom is 0.224 e. The number of carbonyl (C=O) groups excluding carboxylic acids is 1. The van der Waals surface area contributed by atoms with Crippen LogP contribution in [0.2, 0.25) is 0 Å². The van der Waals surface area contributed by atoms with Gasteiger partial charge in [-0.1, -0.05) is 26.2 Å². The molecule has 1 aromatic carbocycles. The zero-order chi connectivity index (χ0) is 21.3. The Bertz CT molecular complexity index is 812. The van der Waals surface area contributed by atoms with Crippen LogP contribution in [0.15, 0.2) is 36.7 Å².